The van der Waals surface area contributed by atoms with E-state index in [2.05, 4.69) is 58.5 Å². The van der Waals surface area contributed by atoms with E-state index >= 15 is 0 Å². The first-order chi connectivity index (χ1) is 9.22. The van der Waals surface area contributed by atoms with Gasteiger partial charge in [-0.1, -0.05) is 43.2 Å². The monoisotopic (exact) mass is 258 g/mol. The normalized spacial score (nSPS) is 14.2. The van der Waals surface area contributed by atoms with Gasteiger partial charge in [0.05, 0.1) is 6.54 Å². The van der Waals surface area contributed by atoms with Gasteiger partial charge in [-0.3, -0.25) is 0 Å². The van der Waals surface area contributed by atoms with Crippen LogP contribution in [0.1, 0.15) is 30.9 Å². The number of nitrogens with one attached hydrogen (secondary N) is 1. The maximum atomic E-state index is 5.69. The van der Waals surface area contributed by atoms with Gasteiger partial charge in [0.25, 0.3) is 0 Å². The SMILES string of the molecule is CC(C)NCc1nnc(N2Cc3ccccc3C2)o1. The van der Waals surface area contributed by atoms with Crippen LogP contribution in [-0.2, 0) is 19.6 Å². The van der Waals surface area contributed by atoms with E-state index in [4.69, 9.17) is 4.42 Å². The summed E-state index contributed by atoms with van der Waals surface area (Å²) in [6, 6.07) is 9.44. The lowest BCUT2D eigenvalue weighted by Gasteiger charge is -2.10. The standard InChI is InChI=1S/C14H18N4O/c1-10(2)15-7-13-16-17-14(19-13)18-8-11-5-3-4-6-12(11)9-18/h3-6,10,15H,7-9H2,1-2H3. The zero-order valence-corrected chi connectivity index (χ0v) is 11.3. The lowest BCUT2D eigenvalue weighted by Crippen LogP contribution is -2.21. The second kappa shape index (κ2) is 5.01. The Hall–Kier alpha value is -1.88. The van der Waals surface area contributed by atoms with E-state index in [9.17, 15) is 0 Å². The molecule has 5 heteroatoms. The molecule has 3 rings (SSSR count). The molecule has 0 amide bonds. The highest BCUT2D eigenvalue weighted by molar-refractivity contribution is 5.41. The van der Waals surface area contributed by atoms with Crippen molar-refractivity contribution >= 4 is 6.01 Å². The molecule has 0 radical (unpaired) electrons. The summed E-state index contributed by atoms with van der Waals surface area (Å²) in [5, 5.41) is 11.5. The molecule has 0 bridgehead atoms. The molecule has 1 aromatic carbocycles. The summed E-state index contributed by atoms with van der Waals surface area (Å²) < 4.78 is 5.69. The molecule has 0 saturated carbocycles. The number of hydrogen-bond acceptors (Lipinski definition) is 5. The van der Waals surface area contributed by atoms with E-state index in [1.165, 1.54) is 11.1 Å². The maximum Gasteiger partial charge on any atom is 0.318 e. The molecule has 0 fully saturated rings. The number of fused-ring (bicyclic) bond motifs is 1. The Morgan fingerprint density at radius 2 is 1.89 bits per heavy atom. The van der Waals surface area contributed by atoms with Gasteiger partial charge in [0.15, 0.2) is 0 Å². The molecule has 1 aliphatic rings. The predicted molar refractivity (Wildman–Crippen MR) is 72.6 cm³/mol. The van der Waals surface area contributed by atoms with Crippen LogP contribution in [0.4, 0.5) is 6.01 Å². The third kappa shape index (κ3) is 2.61. The fourth-order valence-electron chi connectivity index (χ4n) is 2.20. The van der Waals surface area contributed by atoms with E-state index in [0.717, 1.165) is 13.1 Å². The van der Waals surface area contributed by atoms with Crippen molar-refractivity contribution in [3.63, 3.8) is 0 Å². The third-order valence-electron chi connectivity index (χ3n) is 3.23. The summed E-state index contributed by atoms with van der Waals surface area (Å²) in [5.74, 6) is 0.639. The van der Waals surface area contributed by atoms with E-state index in [0.29, 0.717) is 24.5 Å². The molecular formula is C14H18N4O. The molecule has 2 heterocycles. The van der Waals surface area contributed by atoms with Crippen LogP contribution in [0.25, 0.3) is 0 Å². The quantitative estimate of drug-likeness (QED) is 0.910. The smallest absolute Gasteiger partial charge is 0.318 e. The first-order valence-corrected chi connectivity index (χ1v) is 6.60. The van der Waals surface area contributed by atoms with Crippen molar-refractivity contribution in [3.05, 3.63) is 41.3 Å². The predicted octanol–water partition coefficient (Wildman–Crippen LogP) is 2.09. The third-order valence-corrected chi connectivity index (χ3v) is 3.23. The Labute approximate surface area is 112 Å². The minimum atomic E-state index is 0.409. The summed E-state index contributed by atoms with van der Waals surface area (Å²) in [6.45, 7) is 6.49. The fraction of sp³-hybridized carbons (Fsp3) is 0.429. The molecule has 0 aliphatic carbocycles. The zero-order valence-electron chi connectivity index (χ0n) is 11.3. The minimum absolute atomic E-state index is 0.409. The Bertz CT molecular complexity index is 539. The van der Waals surface area contributed by atoms with Gasteiger partial charge in [0.1, 0.15) is 0 Å². The maximum absolute atomic E-state index is 5.69. The second-order valence-corrected chi connectivity index (χ2v) is 5.14. The second-order valence-electron chi connectivity index (χ2n) is 5.14. The van der Waals surface area contributed by atoms with Crippen LogP contribution in [-0.4, -0.2) is 16.2 Å². The van der Waals surface area contributed by atoms with Crippen molar-refractivity contribution in [2.45, 2.75) is 39.5 Å². The molecule has 2 aromatic rings. The van der Waals surface area contributed by atoms with Crippen molar-refractivity contribution in [1.82, 2.24) is 15.5 Å². The number of rotatable bonds is 4. The Morgan fingerprint density at radius 3 is 2.53 bits per heavy atom. The molecule has 100 valence electrons. The van der Waals surface area contributed by atoms with Crippen LogP contribution in [0.15, 0.2) is 28.7 Å². The highest BCUT2D eigenvalue weighted by Crippen LogP contribution is 2.26. The summed E-state index contributed by atoms with van der Waals surface area (Å²) in [5.41, 5.74) is 2.67. The number of anilines is 1. The van der Waals surface area contributed by atoms with E-state index in [1.54, 1.807) is 0 Å². The van der Waals surface area contributed by atoms with Crippen LogP contribution in [0, 0.1) is 0 Å². The fourth-order valence-corrected chi connectivity index (χ4v) is 2.20. The van der Waals surface area contributed by atoms with Gasteiger partial charge >= 0.3 is 6.01 Å². The van der Waals surface area contributed by atoms with E-state index in [-0.39, 0.29) is 0 Å². The lowest BCUT2D eigenvalue weighted by molar-refractivity contribution is 0.447. The minimum Gasteiger partial charge on any atom is -0.407 e. The van der Waals surface area contributed by atoms with Gasteiger partial charge in [-0.15, -0.1) is 5.10 Å². The van der Waals surface area contributed by atoms with Gasteiger partial charge in [-0.25, -0.2) is 0 Å². The summed E-state index contributed by atoms with van der Waals surface area (Å²) in [4.78, 5) is 2.11. The van der Waals surface area contributed by atoms with Crippen LogP contribution in [0.2, 0.25) is 0 Å². The molecule has 1 N–H and O–H groups in total. The molecule has 0 saturated heterocycles. The van der Waals surface area contributed by atoms with Gasteiger partial charge in [0, 0.05) is 19.1 Å². The Kier molecular flexibility index (Phi) is 3.21. The van der Waals surface area contributed by atoms with Crippen molar-refractivity contribution in [2.75, 3.05) is 4.90 Å². The molecule has 5 nitrogen and oxygen atoms in total. The highest BCUT2D eigenvalue weighted by Gasteiger charge is 2.22. The van der Waals surface area contributed by atoms with Crippen molar-refractivity contribution in [1.29, 1.82) is 0 Å². The van der Waals surface area contributed by atoms with Gasteiger partial charge < -0.3 is 14.6 Å². The average Bonchev–Trinajstić information content (AvgIpc) is 3.02. The van der Waals surface area contributed by atoms with Crippen molar-refractivity contribution < 1.29 is 4.42 Å². The van der Waals surface area contributed by atoms with Gasteiger partial charge in [-0.2, -0.15) is 0 Å². The van der Waals surface area contributed by atoms with Crippen molar-refractivity contribution in [2.24, 2.45) is 0 Å². The van der Waals surface area contributed by atoms with Crippen LogP contribution in [0.5, 0.6) is 0 Å². The first-order valence-electron chi connectivity index (χ1n) is 6.60. The highest BCUT2D eigenvalue weighted by atomic mass is 16.4. The van der Waals surface area contributed by atoms with Crippen molar-refractivity contribution in [3.8, 4) is 0 Å². The number of hydrogen-bond donors (Lipinski definition) is 1. The topological polar surface area (TPSA) is 54.2 Å². The summed E-state index contributed by atoms with van der Waals surface area (Å²) >= 11 is 0. The van der Waals surface area contributed by atoms with Gasteiger partial charge in [0.2, 0.25) is 5.89 Å². The Morgan fingerprint density at radius 1 is 1.21 bits per heavy atom. The van der Waals surface area contributed by atoms with E-state index < -0.39 is 0 Å². The largest absolute Gasteiger partial charge is 0.407 e. The van der Waals surface area contributed by atoms with Crippen LogP contribution in [0.3, 0.4) is 0 Å². The van der Waals surface area contributed by atoms with Crippen LogP contribution >= 0.6 is 0 Å². The summed E-state index contributed by atoms with van der Waals surface area (Å²) in [6.07, 6.45) is 0. The molecule has 0 unspecified atom stereocenters. The lowest BCUT2D eigenvalue weighted by atomic mass is 10.1. The summed E-state index contributed by atoms with van der Waals surface area (Å²) in [7, 11) is 0. The number of nitrogens with zero attached hydrogens (tertiary/aromatic N) is 3. The van der Waals surface area contributed by atoms with Crippen LogP contribution < -0.4 is 10.2 Å². The zero-order chi connectivity index (χ0) is 13.2. The average molecular weight is 258 g/mol. The number of benzene rings is 1. The molecule has 0 atom stereocenters. The van der Waals surface area contributed by atoms with E-state index in [1.807, 2.05) is 0 Å². The molecule has 19 heavy (non-hydrogen) atoms. The molecule has 1 aliphatic heterocycles. The molecular weight excluding hydrogens is 240 g/mol. The first kappa shape index (κ1) is 12.2. The van der Waals surface area contributed by atoms with Gasteiger partial charge in [-0.05, 0) is 11.1 Å². The molecule has 1 aromatic heterocycles. The molecule has 0 spiro atoms. The number of aromatic nitrogens is 2. The Balaban J connectivity index is 1.68.